The van der Waals surface area contributed by atoms with E-state index < -0.39 is 66.7 Å². The molecular formula is C40H56N4O14. The van der Waals surface area contributed by atoms with Gasteiger partial charge in [0.1, 0.15) is 37.6 Å². The minimum atomic E-state index is -1.36. The van der Waals surface area contributed by atoms with Crippen LogP contribution in [-0.2, 0) is 51.3 Å². The molecule has 7 N–H and O–H groups in total. The van der Waals surface area contributed by atoms with Crippen LogP contribution in [-0.4, -0.2) is 124 Å². The zero-order chi connectivity index (χ0) is 42.3. The molecule has 18 nitrogen and oxygen atoms in total. The van der Waals surface area contributed by atoms with Crippen molar-refractivity contribution < 1.29 is 68.1 Å². The van der Waals surface area contributed by atoms with Gasteiger partial charge in [0, 0.05) is 38.9 Å². The Bertz CT molecular complexity index is 1570. The van der Waals surface area contributed by atoms with Gasteiger partial charge < -0.3 is 55.3 Å². The van der Waals surface area contributed by atoms with Crippen LogP contribution in [0.5, 0.6) is 0 Å². The normalized spacial score (nSPS) is 20.6. The van der Waals surface area contributed by atoms with Gasteiger partial charge >= 0.3 is 18.2 Å². The second kappa shape index (κ2) is 26.0. The summed E-state index contributed by atoms with van der Waals surface area (Å²) >= 11 is 0. The van der Waals surface area contributed by atoms with Crippen LogP contribution in [0.4, 0.5) is 9.59 Å². The number of carbonyl (C=O) groups is 6. The van der Waals surface area contributed by atoms with Crippen molar-refractivity contribution in [2.75, 3.05) is 26.2 Å². The smallest absolute Gasteiger partial charge is 0.407 e. The first kappa shape index (κ1) is 47.2. The molecule has 6 atom stereocenters. The number of nitrogens with zero attached hydrogens (tertiary/aromatic N) is 1. The molecule has 18 heteroatoms. The molecule has 0 spiro atoms. The summed E-state index contributed by atoms with van der Waals surface area (Å²) in [6.45, 7) is 3.09. The number of imide groups is 1. The number of hydrogen-bond donors (Lipinski definition) is 7. The van der Waals surface area contributed by atoms with E-state index >= 15 is 0 Å². The first-order valence-corrected chi connectivity index (χ1v) is 19.4. The van der Waals surface area contributed by atoms with Crippen molar-refractivity contribution in [1.29, 1.82) is 0 Å². The van der Waals surface area contributed by atoms with Crippen molar-refractivity contribution in [3.63, 3.8) is 0 Å². The number of aliphatic hydroxyl groups is 3. The predicted molar refractivity (Wildman–Crippen MR) is 205 cm³/mol. The van der Waals surface area contributed by atoms with Crippen LogP contribution in [0.15, 0.2) is 60.7 Å². The van der Waals surface area contributed by atoms with Crippen LogP contribution in [0.3, 0.4) is 0 Å². The third-order valence-corrected chi connectivity index (χ3v) is 9.15. The highest BCUT2D eigenvalue weighted by atomic mass is 16.7. The molecule has 5 amide bonds. The highest BCUT2D eigenvalue weighted by Crippen LogP contribution is 2.22. The van der Waals surface area contributed by atoms with E-state index in [0.29, 0.717) is 38.8 Å². The lowest BCUT2D eigenvalue weighted by atomic mass is 10.0. The molecule has 58 heavy (non-hydrogen) atoms. The Balaban J connectivity index is 0.000000317. The molecule has 2 aliphatic heterocycles. The summed E-state index contributed by atoms with van der Waals surface area (Å²) in [6.07, 6.45) is -2.83. The third kappa shape index (κ3) is 17.2. The number of alkyl carbamates (subject to hydrolysis) is 2. The van der Waals surface area contributed by atoms with Gasteiger partial charge in [0.2, 0.25) is 17.7 Å². The monoisotopic (exact) mass is 816 g/mol. The number of aliphatic hydroxyl groups excluding tert-OH is 3. The molecule has 0 bridgehead atoms. The number of carboxylic acids is 1. The third-order valence-electron chi connectivity index (χ3n) is 9.15. The van der Waals surface area contributed by atoms with E-state index in [-0.39, 0.29) is 51.5 Å². The summed E-state index contributed by atoms with van der Waals surface area (Å²) in [6, 6.07) is 17.6. The Hall–Kier alpha value is -5.14. The first-order valence-electron chi connectivity index (χ1n) is 19.4. The molecule has 2 saturated heterocycles. The van der Waals surface area contributed by atoms with E-state index in [1.165, 1.54) is 0 Å². The maximum Gasteiger partial charge on any atom is 0.407 e. The molecular weight excluding hydrogens is 760 g/mol. The summed E-state index contributed by atoms with van der Waals surface area (Å²) in [5, 5.41) is 46.5. The van der Waals surface area contributed by atoms with Crippen molar-refractivity contribution in [3.8, 4) is 0 Å². The molecule has 2 fully saturated rings. The molecule has 1 unspecified atom stereocenters. The number of likely N-dealkylation sites (tertiary alicyclic amines) is 1. The minimum absolute atomic E-state index is 0.0669. The molecule has 0 radical (unpaired) electrons. The molecule has 0 aromatic heterocycles. The Labute approximate surface area is 337 Å². The van der Waals surface area contributed by atoms with Gasteiger partial charge in [-0.05, 0) is 50.2 Å². The van der Waals surface area contributed by atoms with E-state index in [0.717, 1.165) is 28.9 Å². The minimum Gasteiger partial charge on any atom is -0.480 e. The fraction of sp³-hybridized carbons (Fsp3) is 0.550. The fourth-order valence-electron chi connectivity index (χ4n) is 5.89. The molecule has 2 heterocycles. The zero-order valence-electron chi connectivity index (χ0n) is 32.7. The average Bonchev–Trinajstić information content (AvgIpc) is 3.55. The molecule has 4 rings (SSSR count). The summed E-state index contributed by atoms with van der Waals surface area (Å²) in [5.74, 6) is -2.20. The van der Waals surface area contributed by atoms with E-state index in [1.54, 1.807) is 6.92 Å². The lowest BCUT2D eigenvalue weighted by Crippen LogP contribution is -2.57. The Morgan fingerprint density at radius 2 is 1.26 bits per heavy atom. The van der Waals surface area contributed by atoms with Crippen molar-refractivity contribution >= 4 is 35.9 Å². The second-order valence-corrected chi connectivity index (χ2v) is 13.7. The number of ether oxygens (including phenoxy) is 4. The van der Waals surface area contributed by atoms with Gasteiger partial charge in [0.05, 0.1) is 12.7 Å². The maximum atomic E-state index is 11.9. The van der Waals surface area contributed by atoms with Gasteiger partial charge in [-0.15, -0.1) is 0 Å². The number of rotatable bonds is 21. The summed E-state index contributed by atoms with van der Waals surface area (Å²) in [7, 11) is 0. The van der Waals surface area contributed by atoms with E-state index in [1.807, 2.05) is 60.7 Å². The van der Waals surface area contributed by atoms with Crippen LogP contribution in [0.1, 0.15) is 75.8 Å². The van der Waals surface area contributed by atoms with Crippen LogP contribution in [0.25, 0.3) is 0 Å². The SMILES string of the molecule is C[C@@H]1O[C@@H](OCCNC(=O)CCCCCNC(=O)OCc2ccccc2)[C@@H](O)[C@H](O)[C@@H]1O.O=C(NCCCCC(C(=O)O)N1C(=O)CCC1=O)OCc1ccccc1. The fourth-order valence-corrected chi connectivity index (χ4v) is 5.89. The molecule has 2 aliphatic rings. The number of carboxylic acid groups (broad SMARTS) is 1. The van der Waals surface area contributed by atoms with E-state index in [9.17, 15) is 49.2 Å². The molecule has 0 saturated carbocycles. The number of carbonyl (C=O) groups excluding carboxylic acids is 5. The topological polar surface area (TPSA) is 260 Å². The number of benzene rings is 2. The Morgan fingerprint density at radius 1 is 0.724 bits per heavy atom. The van der Waals surface area contributed by atoms with Gasteiger partial charge in [-0.2, -0.15) is 0 Å². The highest BCUT2D eigenvalue weighted by Gasteiger charge is 2.42. The Kier molecular flexibility index (Phi) is 21.2. The molecule has 2 aromatic rings. The van der Waals surface area contributed by atoms with Crippen molar-refractivity contribution in [2.45, 2.75) is 115 Å². The number of aliphatic carboxylic acids is 1. The molecule has 320 valence electrons. The van der Waals surface area contributed by atoms with Crippen molar-refractivity contribution in [1.82, 2.24) is 20.9 Å². The van der Waals surface area contributed by atoms with Crippen LogP contribution in [0.2, 0.25) is 0 Å². The maximum absolute atomic E-state index is 11.9. The number of nitrogens with one attached hydrogen (secondary N) is 3. The van der Waals surface area contributed by atoms with Crippen molar-refractivity contribution in [2.24, 2.45) is 0 Å². The van der Waals surface area contributed by atoms with Crippen LogP contribution in [0, 0.1) is 0 Å². The van der Waals surface area contributed by atoms with Crippen molar-refractivity contribution in [3.05, 3.63) is 71.8 Å². The second-order valence-electron chi connectivity index (χ2n) is 13.7. The van der Waals surface area contributed by atoms with Crippen LogP contribution < -0.4 is 16.0 Å². The van der Waals surface area contributed by atoms with E-state index in [4.69, 9.17) is 18.9 Å². The largest absolute Gasteiger partial charge is 0.480 e. The molecule has 0 aliphatic carbocycles. The van der Waals surface area contributed by atoms with E-state index in [2.05, 4.69) is 16.0 Å². The van der Waals surface area contributed by atoms with Crippen LogP contribution >= 0.6 is 0 Å². The summed E-state index contributed by atoms with van der Waals surface area (Å²) in [4.78, 5) is 70.6. The van der Waals surface area contributed by atoms with Gasteiger partial charge in [-0.25, -0.2) is 14.4 Å². The first-order chi connectivity index (χ1) is 27.9. The Morgan fingerprint density at radius 3 is 1.79 bits per heavy atom. The van der Waals surface area contributed by atoms with Gasteiger partial charge in [0.15, 0.2) is 6.29 Å². The lowest BCUT2D eigenvalue weighted by molar-refractivity contribution is -0.292. The average molecular weight is 817 g/mol. The lowest BCUT2D eigenvalue weighted by Gasteiger charge is -2.38. The summed E-state index contributed by atoms with van der Waals surface area (Å²) < 4.78 is 20.8. The standard InChI is InChI=1S/C22H34N2O8.C18H22N2O6/c1-15-18(26)19(27)20(28)21(32-15)30-13-12-23-17(25)10-6-3-7-11-24-22(29)31-14-16-8-4-2-5-9-16;21-15-9-10-16(22)20(15)14(17(23)24)8-4-5-11-19-18(25)26-12-13-6-2-1-3-7-13/h2,4-5,8-9,15,18-21,26-28H,3,6-7,10-14H2,1H3,(H,23,25)(H,24,29);1-3,6-7,14H,4-5,8-12H2,(H,19,25)(H,23,24)/t15-,18+,19+,20-,21+;/m0./s1. The zero-order valence-corrected chi connectivity index (χ0v) is 32.7. The van der Waals surface area contributed by atoms with Gasteiger partial charge in [-0.3, -0.25) is 19.3 Å². The summed E-state index contributed by atoms with van der Waals surface area (Å²) in [5.41, 5.74) is 1.80. The number of amides is 5. The van der Waals surface area contributed by atoms with Gasteiger partial charge in [-0.1, -0.05) is 67.1 Å². The predicted octanol–water partition coefficient (Wildman–Crippen LogP) is 2.12. The number of unbranched alkanes of at least 4 members (excludes halogenated alkanes) is 3. The quantitative estimate of drug-likeness (QED) is 0.0704. The number of hydrogen-bond acceptors (Lipinski definition) is 13. The molecule has 2 aromatic carbocycles. The highest BCUT2D eigenvalue weighted by molar-refractivity contribution is 6.04. The van der Waals surface area contributed by atoms with Gasteiger partial charge in [0.25, 0.3) is 0 Å².